The number of oxazole rings is 1. The summed E-state index contributed by atoms with van der Waals surface area (Å²) in [5.74, 6) is 0.869. The summed E-state index contributed by atoms with van der Waals surface area (Å²) in [4.78, 5) is 4.41. The molecule has 26 heavy (non-hydrogen) atoms. The van der Waals surface area contributed by atoms with E-state index in [1.807, 2.05) is 24.6 Å². The van der Waals surface area contributed by atoms with Crippen molar-refractivity contribution in [3.63, 3.8) is 0 Å². The highest BCUT2D eigenvalue weighted by Gasteiger charge is 2.31. The van der Waals surface area contributed by atoms with Crippen LogP contribution >= 0.6 is 11.6 Å². The molecule has 0 spiro atoms. The Labute approximate surface area is 156 Å². The Morgan fingerprint density at radius 1 is 1.31 bits per heavy atom. The van der Waals surface area contributed by atoms with Crippen LogP contribution in [-0.4, -0.2) is 34.7 Å². The molecule has 2 aromatic heterocycles. The van der Waals surface area contributed by atoms with Gasteiger partial charge >= 0.3 is 0 Å². The Bertz CT molecular complexity index is 1130. The van der Waals surface area contributed by atoms with E-state index in [9.17, 15) is 8.42 Å². The summed E-state index contributed by atoms with van der Waals surface area (Å²) < 4.78 is 31.0. The maximum Gasteiger partial charge on any atom is 0.220 e. The van der Waals surface area contributed by atoms with Crippen LogP contribution in [0, 0.1) is 13.8 Å². The van der Waals surface area contributed by atoms with E-state index < -0.39 is 9.84 Å². The summed E-state index contributed by atoms with van der Waals surface area (Å²) in [5.41, 5.74) is 4.13. The summed E-state index contributed by atoms with van der Waals surface area (Å²) in [5, 5.41) is 5.17. The van der Waals surface area contributed by atoms with Crippen LogP contribution in [0.5, 0.6) is 0 Å². The molecule has 1 aliphatic heterocycles. The van der Waals surface area contributed by atoms with Gasteiger partial charge in [0.05, 0.1) is 23.2 Å². The van der Waals surface area contributed by atoms with Gasteiger partial charge in [0.1, 0.15) is 5.52 Å². The Hall–Kier alpha value is -2.12. The first kappa shape index (κ1) is 17.3. The largest absolute Gasteiger partial charge is 0.437 e. The van der Waals surface area contributed by atoms with Crippen LogP contribution in [0.3, 0.4) is 0 Å². The maximum atomic E-state index is 11.8. The van der Waals surface area contributed by atoms with Gasteiger partial charge in [0.2, 0.25) is 5.89 Å². The molecule has 1 aromatic carbocycles. The highest BCUT2D eigenvalue weighted by molar-refractivity contribution is 7.91. The van der Waals surface area contributed by atoms with E-state index in [1.165, 1.54) is 0 Å². The molecule has 0 saturated carbocycles. The second kappa shape index (κ2) is 6.25. The zero-order valence-electron chi connectivity index (χ0n) is 14.4. The van der Waals surface area contributed by atoms with Crippen molar-refractivity contribution < 1.29 is 12.8 Å². The third-order valence-corrected chi connectivity index (χ3v) is 6.68. The number of sulfone groups is 1. The van der Waals surface area contributed by atoms with E-state index in [4.69, 9.17) is 16.0 Å². The molecule has 1 fully saturated rings. The zero-order valence-corrected chi connectivity index (χ0v) is 16.0. The molecular formula is C18H18ClN3O3S. The smallest absolute Gasteiger partial charge is 0.220 e. The quantitative estimate of drug-likeness (QED) is 0.678. The topological polar surface area (TPSA) is 78.0 Å². The van der Waals surface area contributed by atoms with E-state index >= 15 is 0 Å². The number of hydrogen-bond donors (Lipinski definition) is 0. The summed E-state index contributed by atoms with van der Waals surface area (Å²) in [6, 6.07) is 5.22. The van der Waals surface area contributed by atoms with Crippen LogP contribution in [0.15, 0.2) is 22.6 Å². The van der Waals surface area contributed by atoms with Gasteiger partial charge in [-0.2, -0.15) is 5.10 Å². The second-order valence-corrected chi connectivity index (χ2v) is 9.25. The zero-order chi connectivity index (χ0) is 18.5. The first-order valence-corrected chi connectivity index (χ1v) is 10.5. The van der Waals surface area contributed by atoms with Crippen molar-refractivity contribution in [3.05, 3.63) is 46.1 Å². The van der Waals surface area contributed by atoms with E-state index in [0.717, 1.165) is 17.0 Å². The fraction of sp³-hybridized carbons (Fsp3) is 0.333. The van der Waals surface area contributed by atoms with Crippen LogP contribution in [0.1, 0.15) is 35.3 Å². The van der Waals surface area contributed by atoms with Gasteiger partial charge < -0.3 is 4.42 Å². The van der Waals surface area contributed by atoms with Gasteiger partial charge in [0.25, 0.3) is 0 Å². The minimum absolute atomic E-state index is 0.0904. The van der Waals surface area contributed by atoms with E-state index in [-0.39, 0.29) is 17.5 Å². The molecule has 0 unspecified atom stereocenters. The van der Waals surface area contributed by atoms with E-state index in [2.05, 4.69) is 10.1 Å². The molecule has 4 rings (SSSR count). The number of fused-ring (bicyclic) bond motifs is 1. The van der Waals surface area contributed by atoms with Crippen LogP contribution in [0.2, 0.25) is 5.02 Å². The number of aryl methyl sites for hydroxylation is 1. The van der Waals surface area contributed by atoms with Gasteiger partial charge in [0.15, 0.2) is 15.4 Å². The normalized spacial score (nSPS) is 19.7. The van der Waals surface area contributed by atoms with Crippen molar-refractivity contribution in [2.24, 2.45) is 0 Å². The Balaban J connectivity index is 1.64. The molecule has 0 radical (unpaired) electrons. The molecule has 1 aliphatic rings. The molecule has 6 nitrogen and oxygen atoms in total. The highest BCUT2D eigenvalue weighted by atomic mass is 35.5. The number of aromatic nitrogens is 3. The minimum atomic E-state index is -2.95. The SMILES string of the molecule is Cc1nn([C@@H]2CCS(=O)(=O)C2)c(C)c1/C=C/c1nc2cc(Cl)ccc2o1. The summed E-state index contributed by atoms with van der Waals surface area (Å²) in [6.07, 6.45) is 4.31. The molecular weight excluding hydrogens is 374 g/mol. The first-order chi connectivity index (χ1) is 12.3. The monoisotopic (exact) mass is 391 g/mol. The first-order valence-electron chi connectivity index (χ1n) is 8.33. The molecule has 0 amide bonds. The average molecular weight is 392 g/mol. The lowest BCUT2D eigenvalue weighted by atomic mass is 10.1. The predicted octanol–water partition coefficient (Wildman–Crippen LogP) is 3.82. The molecule has 0 bridgehead atoms. The molecule has 8 heteroatoms. The molecule has 0 aliphatic carbocycles. The van der Waals surface area contributed by atoms with E-state index in [1.54, 1.807) is 24.3 Å². The van der Waals surface area contributed by atoms with Crippen molar-refractivity contribution in [2.45, 2.75) is 26.3 Å². The van der Waals surface area contributed by atoms with Crippen LogP contribution in [0.25, 0.3) is 23.3 Å². The Kier molecular flexibility index (Phi) is 4.16. The van der Waals surface area contributed by atoms with Crippen molar-refractivity contribution in [3.8, 4) is 0 Å². The number of halogens is 1. The van der Waals surface area contributed by atoms with Gasteiger partial charge in [-0.3, -0.25) is 4.68 Å². The third kappa shape index (κ3) is 3.17. The van der Waals surface area contributed by atoms with Crippen LogP contribution < -0.4 is 0 Å². The van der Waals surface area contributed by atoms with Crippen molar-refractivity contribution in [1.29, 1.82) is 0 Å². The minimum Gasteiger partial charge on any atom is -0.437 e. The summed E-state index contributed by atoms with van der Waals surface area (Å²) in [7, 11) is -2.95. The maximum absolute atomic E-state index is 11.8. The van der Waals surface area contributed by atoms with Crippen molar-refractivity contribution >= 4 is 44.7 Å². The number of benzene rings is 1. The lowest BCUT2D eigenvalue weighted by Gasteiger charge is -2.10. The van der Waals surface area contributed by atoms with Crippen LogP contribution in [-0.2, 0) is 9.84 Å². The third-order valence-electron chi connectivity index (χ3n) is 4.69. The van der Waals surface area contributed by atoms with Gasteiger partial charge in [0, 0.05) is 22.4 Å². The lowest BCUT2D eigenvalue weighted by molar-refractivity contribution is 0.486. The fourth-order valence-corrected chi connectivity index (χ4v) is 5.24. The molecule has 136 valence electrons. The van der Waals surface area contributed by atoms with Crippen molar-refractivity contribution in [1.82, 2.24) is 14.8 Å². The average Bonchev–Trinajstić information content (AvgIpc) is 3.21. The molecule has 0 N–H and O–H groups in total. The lowest BCUT2D eigenvalue weighted by Crippen LogP contribution is -2.13. The number of nitrogens with zero attached hydrogens (tertiary/aromatic N) is 3. The summed E-state index contributed by atoms with van der Waals surface area (Å²) >= 11 is 5.97. The van der Waals surface area contributed by atoms with Crippen LogP contribution in [0.4, 0.5) is 0 Å². The van der Waals surface area contributed by atoms with Crippen molar-refractivity contribution in [2.75, 3.05) is 11.5 Å². The highest BCUT2D eigenvalue weighted by Crippen LogP contribution is 2.28. The fourth-order valence-electron chi connectivity index (χ4n) is 3.38. The number of hydrogen-bond acceptors (Lipinski definition) is 5. The van der Waals surface area contributed by atoms with Gasteiger partial charge in [-0.1, -0.05) is 11.6 Å². The Morgan fingerprint density at radius 3 is 2.85 bits per heavy atom. The predicted molar refractivity (Wildman–Crippen MR) is 102 cm³/mol. The molecule has 3 heterocycles. The van der Waals surface area contributed by atoms with Gasteiger partial charge in [-0.05, 0) is 44.5 Å². The second-order valence-electron chi connectivity index (χ2n) is 6.58. The van der Waals surface area contributed by atoms with Gasteiger partial charge in [-0.25, -0.2) is 13.4 Å². The number of rotatable bonds is 3. The van der Waals surface area contributed by atoms with E-state index in [0.29, 0.717) is 28.4 Å². The van der Waals surface area contributed by atoms with Gasteiger partial charge in [-0.15, -0.1) is 0 Å². The molecule has 1 saturated heterocycles. The standard InChI is InChI=1S/C18H18ClN3O3S/c1-11-15(12(2)22(21-11)14-7-8-26(23,24)10-14)4-6-18-20-16-9-13(19)3-5-17(16)25-18/h3-6,9,14H,7-8,10H2,1-2H3/b6-4+/t14-/m1/s1. The molecule has 3 aromatic rings. The summed E-state index contributed by atoms with van der Waals surface area (Å²) in [6.45, 7) is 3.87. The Morgan fingerprint density at radius 2 is 2.12 bits per heavy atom. The molecule has 1 atom stereocenters.